The van der Waals surface area contributed by atoms with Crippen LogP contribution in [0, 0.1) is 11.7 Å². The second kappa shape index (κ2) is 8.31. The van der Waals surface area contributed by atoms with Crippen LogP contribution >= 0.6 is 0 Å². The number of nitrogens with zero attached hydrogens (tertiary/aromatic N) is 2. The van der Waals surface area contributed by atoms with E-state index in [1.807, 2.05) is 24.3 Å². The predicted octanol–water partition coefficient (Wildman–Crippen LogP) is 3.20. The van der Waals surface area contributed by atoms with Crippen LogP contribution in [0.5, 0.6) is 0 Å². The number of nitrogens with one attached hydrogen (secondary N) is 1. The van der Waals surface area contributed by atoms with E-state index in [1.54, 1.807) is 23.4 Å². The first kappa shape index (κ1) is 19.6. The van der Waals surface area contributed by atoms with Gasteiger partial charge in [-0.3, -0.25) is 14.6 Å². The Labute approximate surface area is 170 Å². The lowest BCUT2D eigenvalue weighted by Crippen LogP contribution is -2.42. The van der Waals surface area contributed by atoms with Crippen molar-refractivity contribution in [3.8, 4) is 0 Å². The van der Waals surface area contributed by atoms with Crippen LogP contribution in [0.25, 0.3) is 0 Å². The fourth-order valence-electron chi connectivity index (χ4n) is 4.69. The SMILES string of the molecule is O=C(NCC1(c2ccccc2F)CCCC1)[C@@H]1CC(=O)N(Cc2ccncc2)C1. The summed E-state index contributed by atoms with van der Waals surface area (Å²) in [6.07, 6.45) is 7.42. The first-order chi connectivity index (χ1) is 14.1. The number of hydrogen-bond acceptors (Lipinski definition) is 3. The van der Waals surface area contributed by atoms with E-state index in [-0.39, 0.29) is 35.4 Å². The van der Waals surface area contributed by atoms with Gasteiger partial charge >= 0.3 is 0 Å². The second-order valence-electron chi connectivity index (χ2n) is 8.22. The third-order valence-electron chi connectivity index (χ3n) is 6.31. The molecule has 1 atom stereocenters. The topological polar surface area (TPSA) is 62.3 Å². The van der Waals surface area contributed by atoms with Crippen molar-refractivity contribution < 1.29 is 14.0 Å². The molecular weight excluding hydrogens is 369 g/mol. The normalized spacial score (nSPS) is 20.8. The molecule has 4 rings (SSSR count). The monoisotopic (exact) mass is 395 g/mol. The maximum atomic E-state index is 14.5. The summed E-state index contributed by atoms with van der Waals surface area (Å²) in [5, 5.41) is 3.04. The Morgan fingerprint density at radius 1 is 1.17 bits per heavy atom. The number of benzene rings is 1. The highest BCUT2D eigenvalue weighted by molar-refractivity contribution is 5.89. The molecule has 2 aliphatic rings. The molecular formula is C23H26FN3O2. The van der Waals surface area contributed by atoms with Gasteiger partial charge in [0, 0.05) is 43.9 Å². The van der Waals surface area contributed by atoms with E-state index in [4.69, 9.17) is 0 Å². The number of pyridine rings is 1. The molecule has 1 saturated carbocycles. The molecule has 2 heterocycles. The number of hydrogen-bond donors (Lipinski definition) is 1. The summed E-state index contributed by atoms with van der Waals surface area (Å²) in [7, 11) is 0. The van der Waals surface area contributed by atoms with Gasteiger partial charge in [0.05, 0.1) is 5.92 Å². The molecule has 152 valence electrons. The molecule has 1 aliphatic heterocycles. The highest BCUT2D eigenvalue weighted by Gasteiger charge is 2.39. The highest BCUT2D eigenvalue weighted by atomic mass is 19.1. The van der Waals surface area contributed by atoms with E-state index in [0.29, 0.717) is 25.2 Å². The lowest BCUT2D eigenvalue weighted by atomic mass is 9.78. The van der Waals surface area contributed by atoms with Crippen molar-refractivity contribution in [2.75, 3.05) is 13.1 Å². The van der Waals surface area contributed by atoms with Crippen LogP contribution in [-0.2, 0) is 21.5 Å². The lowest BCUT2D eigenvalue weighted by molar-refractivity contribution is -0.129. The van der Waals surface area contributed by atoms with Crippen LogP contribution < -0.4 is 5.32 Å². The summed E-state index contributed by atoms with van der Waals surface area (Å²) >= 11 is 0. The minimum Gasteiger partial charge on any atom is -0.355 e. The van der Waals surface area contributed by atoms with E-state index in [1.165, 1.54) is 6.07 Å². The van der Waals surface area contributed by atoms with Crippen molar-refractivity contribution in [3.63, 3.8) is 0 Å². The fourth-order valence-corrected chi connectivity index (χ4v) is 4.69. The number of carbonyl (C=O) groups excluding carboxylic acids is 2. The fraction of sp³-hybridized carbons (Fsp3) is 0.435. The summed E-state index contributed by atoms with van der Waals surface area (Å²) in [6.45, 7) is 1.33. The van der Waals surface area contributed by atoms with Crippen molar-refractivity contribution in [1.29, 1.82) is 0 Å². The molecule has 2 amide bonds. The maximum absolute atomic E-state index is 14.5. The number of rotatable bonds is 6. The molecule has 5 nitrogen and oxygen atoms in total. The molecule has 0 unspecified atom stereocenters. The van der Waals surface area contributed by atoms with Gasteiger partial charge in [-0.1, -0.05) is 31.0 Å². The molecule has 0 bridgehead atoms. The second-order valence-corrected chi connectivity index (χ2v) is 8.22. The largest absolute Gasteiger partial charge is 0.355 e. The Morgan fingerprint density at radius 3 is 2.62 bits per heavy atom. The molecule has 1 N–H and O–H groups in total. The zero-order valence-corrected chi connectivity index (χ0v) is 16.4. The summed E-state index contributed by atoms with van der Waals surface area (Å²) in [4.78, 5) is 30.9. The maximum Gasteiger partial charge on any atom is 0.225 e. The lowest BCUT2D eigenvalue weighted by Gasteiger charge is -2.30. The van der Waals surface area contributed by atoms with Crippen molar-refractivity contribution in [1.82, 2.24) is 15.2 Å². The summed E-state index contributed by atoms with van der Waals surface area (Å²) in [6, 6.07) is 10.6. The van der Waals surface area contributed by atoms with E-state index in [0.717, 1.165) is 31.2 Å². The third kappa shape index (κ3) is 4.16. The van der Waals surface area contributed by atoms with E-state index < -0.39 is 0 Å². The molecule has 2 aromatic rings. The zero-order chi connectivity index (χ0) is 20.3. The Hall–Kier alpha value is -2.76. The predicted molar refractivity (Wildman–Crippen MR) is 107 cm³/mol. The molecule has 1 aromatic carbocycles. The van der Waals surface area contributed by atoms with Crippen LogP contribution in [0.2, 0.25) is 0 Å². The highest BCUT2D eigenvalue weighted by Crippen LogP contribution is 2.41. The van der Waals surface area contributed by atoms with Crippen LogP contribution in [0.3, 0.4) is 0 Å². The third-order valence-corrected chi connectivity index (χ3v) is 6.31. The first-order valence-electron chi connectivity index (χ1n) is 10.3. The van der Waals surface area contributed by atoms with Crippen molar-refractivity contribution in [2.24, 2.45) is 5.92 Å². The van der Waals surface area contributed by atoms with Gasteiger partial charge in [0.25, 0.3) is 0 Å². The molecule has 0 spiro atoms. The quantitative estimate of drug-likeness (QED) is 0.817. The Bertz CT molecular complexity index is 881. The minimum absolute atomic E-state index is 0.00774. The summed E-state index contributed by atoms with van der Waals surface area (Å²) in [5.41, 5.74) is 1.35. The number of aromatic nitrogens is 1. The minimum atomic E-state index is -0.358. The average molecular weight is 395 g/mol. The van der Waals surface area contributed by atoms with Gasteiger partial charge in [-0.15, -0.1) is 0 Å². The average Bonchev–Trinajstić information content (AvgIpc) is 3.35. The van der Waals surface area contributed by atoms with Gasteiger partial charge in [0.1, 0.15) is 5.82 Å². The van der Waals surface area contributed by atoms with Gasteiger partial charge in [0.2, 0.25) is 11.8 Å². The van der Waals surface area contributed by atoms with E-state index in [9.17, 15) is 14.0 Å². The number of likely N-dealkylation sites (tertiary alicyclic amines) is 1. The molecule has 2 fully saturated rings. The molecule has 1 aromatic heterocycles. The summed E-state index contributed by atoms with van der Waals surface area (Å²) in [5.74, 6) is -0.684. The molecule has 29 heavy (non-hydrogen) atoms. The molecule has 1 saturated heterocycles. The number of carbonyl (C=O) groups is 2. The number of halogens is 1. The van der Waals surface area contributed by atoms with Crippen LogP contribution in [0.4, 0.5) is 4.39 Å². The zero-order valence-electron chi connectivity index (χ0n) is 16.4. The van der Waals surface area contributed by atoms with Crippen LogP contribution in [0.15, 0.2) is 48.8 Å². The van der Waals surface area contributed by atoms with Crippen molar-refractivity contribution in [3.05, 3.63) is 65.7 Å². The Morgan fingerprint density at radius 2 is 1.90 bits per heavy atom. The van der Waals surface area contributed by atoms with E-state index in [2.05, 4.69) is 10.3 Å². The van der Waals surface area contributed by atoms with E-state index >= 15 is 0 Å². The Kier molecular flexibility index (Phi) is 5.60. The molecule has 1 aliphatic carbocycles. The van der Waals surface area contributed by atoms with Crippen LogP contribution in [-0.4, -0.2) is 34.8 Å². The molecule has 0 radical (unpaired) electrons. The van der Waals surface area contributed by atoms with Gasteiger partial charge in [-0.25, -0.2) is 4.39 Å². The van der Waals surface area contributed by atoms with Gasteiger partial charge in [-0.05, 0) is 42.2 Å². The molecule has 6 heteroatoms. The van der Waals surface area contributed by atoms with Gasteiger partial charge < -0.3 is 10.2 Å². The summed E-state index contributed by atoms with van der Waals surface area (Å²) < 4.78 is 14.5. The first-order valence-corrected chi connectivity index (χ1v) is 10.3. The van der Waals surface area contributed by atoms with Crippen LogP contribution in [0.1, 0.15) is 43.2 Å². The van der Waals surface area contributed by atoms with Gasteiger partial charge in [0.15, 0.2) is 0 Å². The van der Waals surface area contributed by atoms with Gasteiger partial charge in [-0.2, -0.15) is 0 Å². The standard InChI is InChI=1S/C23H26FN3O2/c24-20-6-2-1-5-19(20)23(9-3-4-10-23)16-26-22(29)18-13-21(28)27(15-18)14-17-7-11-25-12-8-17/h1-2,5-8,11-12,18H,3-4,9-10,13-16H2,(H,26,29)/t18-/m1/s1. The smallest absolute Gasteiger partial charge is 0.225 e. The number of amides is 2. The Balaban J connectivity index is 1.39. The van der Waals surface area contributed by atoms with Crippen molar-refractivity contribution >= 4 is 11.8 Å². The van der Waals surface area contributed by atoms with Crippen molar-refractivity contribution in [2.45, 2.75) is 44.1 Å².